The highest BCUT2D eigenvalue weighted by atomic mass is 32.2. The van der Waals surface area contributed by atoms with E-state index < -0.39 is 17.5 Å². The number of aliphatic carboxylic acids is 1. The molecule has 0 aliphatic heterocycles. The van der Waals surface area contributed by atoms with Crippen LogP contribution in [0.15, 0.2) is 41.3 Å². The number of hydrogen-bond acceptors (Lipinski definition) is 5. The van der Waals surface area contributed by atoms with Crippen LogP contribution >= 0.6 is 11.9 Å². The molecule has 0 spiro atoms. The van der Waals surface area contributed by atoms with Gasteiger partial charge in [-0.3, -0.25) is 5.14 Å². The topological polar surface area (TPSA) is 89.6 Å². The first kappa shape index (κ1) is 12.3. The molecule has 0 amide bonds. The Kier molecular flexibility index (Phi) is 4.56. The van der Waals surface area contributed by atoms with Gasteiger partial charge in [0.25, 0.3) is 0 Å². The number of hydrogen-bond donors (Lipinski definition) is 2. The fourth-order valence-corrected chi connectivity index (χ4v) is 1.24. The van der Waals surface area contributed by atoms with Gasteiger partial charge in [0.15, 0.2) is 5.57 Å². The molecule has 0 fully saturated rings. The lowest BCUT2D eigenvalue weighted by molar-refractivity contribution is -0.138. The maximum atomic E-state index is 11.4. The SMILES string of the molecule is NSC=C(C(=O)O)C(=O)Oc1ccccc1. The molecular weight excluding hydrogens is 230 g/mol. The Balaban J connectivity index is 2.78. The third-order valence-electron chi connectivity index (χ3n) is 1.59. The van der Waals surface area contributed by atoms with Crippen molar-refractivity contribution in [3.8, 4) is 5.75 Å². The van der Waals surface area contributed by atoms with E-state index in [-0.39, 0.29) is 5.75 Å². The molecule has 1 rings (SSSR count). The first-order chi connectivity index (χ1) is 7.65. The van der Waals surface area contributed by atoms with Crippen molar-refractivity contribution < 1.29 is 19.4 Å². The lowest BCUT2D eigenvalue weighted by Crippen LogP contribution is -2.17. The number of carbonyl (C=O) groups excluding carboxylic acids is 1. The van der Waals surface area contributed by atoms with Crippen molar-refractivity contribution in [2.75, 3.05) is 0 Å². The van der Waals surface area contributed by atoms with Crippen LogP contribution < -0.4 is 9.88 Å². The minimum Gasteiger partial charge on any atom is -0.477 e. The van der Waals surface area contributed by atoms with E-state index in [9.17, 15) is 9.59 Å². The lowest BCUT2D eigenvalue weighted by Gasteiger charge is -2.03. The number of rotatable bonds is 4. The van der Waals surface area contributed by atoms with Crippen LogP contribution in [0.4, 0.5) is 0 Å². The predicted molar refractivity (Wildman–Crippen MR) is 59.6 cm³/mol. The smallest absolute Gasteiger partial charge is 0.351 e. The molecule has 5 nitrogen and oxygen atoms in total. The van der Waals surface area contributed by atoms with E-state index in [1.165, 1.54) is 0 Å². The van der Waals surface area contributed by atoms with Gasteiger partial charge >= 0.3 is 11.9 Å². The first-order valence-electron chi connectivity index (χ1n) is 4.21. The maximum absolute atomic E-state index is 11.4. The normalized spacial score (nSPS) is 10.9. The number of carboxylic acids is 1. The van der Waals surface area contributed by atoms with Gasteiger partial charge in [-0.2, -0.15) is 0 Å². The van der Waals surface area contributed by atoms with Gasteiger partial charge in [0.05, 0.1) is 0 Å². The van der Waals surface area contributed by atoms with Crippen LogP contribution in [0.1, 0.15) is 0 Å². The molecule has 0 bridgehead atoms. The van der Waals surface area contributed by atoms with Crippen LogP contribution in [0.25, 0.3) is 0 Å². The van der Waals surface area contributed by atoms with E-state index in [0.29, 0.717) is 11.9 Å². The summed E-state index contributed by atoms with van der Waals surface area (Å²) in [6.45, 7) is 0. The highest BCUT2D eigenvalue weighted by Crippen LogP contribution is 2.12. The van der Waals surface area contributed by atoms with Crippen molar-refractivity contribution in [1.82, 2.24) is 0 Å². The van der Waals surface area contributed by atoms with E-state index in [2.05, 4.69) is 0 Å². The standard InChI is InChI=1S/C10H9NO4S/c11-16-6-8(9(12)13)10(14)15-7-4-2-1-3-5-7/h1-6H,11H2,(H,12,13). The van der Waals surface area contributed by atoms with Crippen molar-refractivity contribution in [3.05, 3.63) is 41.3 Å². The Labute approximate surface area is 96.0 Å². The molecule has 1 aromatic carbocycles. The zero-order valence-electron chi connectivity index (χ0n) is 8.12. The predicted octanol–water partition coefficient (Wildman–Crippen LogP) is 1.17. The summed E-state index contributed by atoms with van der Waals surface area (Å²) < 4.78 is 4.83. The van der Waals surface area contributed by atoms with Gasteiger partial charge in [-0.05, 0) is 12.1 Å². The summed E-state index contributed by atoms with van der Waals surface area (Å²) in [5.41, 5.74) is -0.503. The lowest BCUT2D eigenvalue weighted by atomic mass is 10.3. The number of esters is 1. The molecule has 0 aliphatic rings. The van der Waals surface area contributed by atoms with Crippen molar-refractivity contribution >= 4 is 23.9 Å². The number of para-hydroxylation sites is 1. The Hall–Kier alpha value is -1.79. The van der Waals surface area contributed by atoms with E-state index >= 15 is 0 Å². The van der Waals surface area contributed by atoms with Crippen LogP contribution in [0, 0.1) is 0 Å². The van der Waals surface area contributed by atoms with Gasteiger partial charge in [-0.1, -0.05) is 30.1 Å². The third-order valence-corrected chi connectivity index (χ3v) is 1.96. The molecule has 1 aromatic rings. The van der Waals surface area contributed by atoms with Crippen molar-refractivity contribution in [3.63, 3.8) is 0 Å². The Morgan fingerprint density at radius 3 is 2.44 bits per heavy atom. The van der Waals surface area contributed by atoms with Crippen molar-refractivity contribution in [2.45, 2.75) is 0 Å². The number of benzene rings is 1. The van der Waals surface area contributed by atoms with E-state index in [1.807, 2.05) is 0 Å². The summed E-state index contributed by atoms with van der Waals surface area (Å²) >= 11 is 0.633. The van der Waals surface area contributed by atoms with Crippen molar-refractivity contribution in [2.24, 2.45) is 5.14 Å². The minimum atomic E-state index is -1.38. The molecule has 0 saturated heterocycles. The summed E-state index contributed by atoms with van der Waals surface area (Å²) in [7, 11) is 0. The second-order valence-corrected chi connectivity index (χ2v) is 3.18. The van der Waals surface area contributed by atoms with Crippen LogP contribution in [0.3, 0.4) is 0 Å². The first-order valence-corrected chi connectivity index (χ1v) is 5.15. The van der Waals surface area contributed by atoms with Gasteiger partial charge < -0.3 is 9.84 Å². The Bertz CT molecular complexity index is 416. The molecular formula is C10H9NO4S. The van der Waals surface area contributed by atoms with Crippen LogP contribution in [0.5, 0.6) is 5.75 Å². The second kappa shape index (κ2) is 5.94. The molecule has 3 N–H and O–H groups in total. The summed E-state index contributed by atoms with van der Waals surface area (Å²) in [6.07, 6.45) is 0. The molecule has 0 radical (unpaired) electrons. The van der Waals surface area contributed by atoms with Gasteiger partial charge in [-0.25, -0.2) is 9.59 Å². The van der Waals surface area contributed by atoms with Crippen molar-refractivity contribution in [1.29, 1.82) is 0 Å². The zero-order valence-corrected chi connectivity index (χ0v) is 8.94. The summed E-state index contributed by atoms with van der Waals surface area (Å²) in [6, 6.07) is 8.19. The fraction of sp³-hybridized carbons (Fsp3) is 0. The maximum Gasteiger partial charge on any atom is 0.351 e. The molecule has 0 unspecified atom stereocenters. The molecule has 84 valence electrons. The number of carbonyl (C=O) groups is 2. The van der Waals surface area contributed by atoms with Crippen LogP contribution in [-0.4, -0.2) is 17.0 Å². The third kappa shape index (κ3) is 3.41. The number of nitrogens with two attached hydrogens (primary N) is 1. The Morgan fingerprint density at radius 1 is 1.31 bits per heavy atom. The second-order valence-electron chi connectivity index (χ2n) is 2.68. The number of ether oxygens (including phenoxy) is 1. The average molecular weight is 239 g/mol. The number of carboxylic acid groups (broad SMARTS) is 1. The largest absolute Gasteiger partial charge is 0.477 e. The Morgan fingerprint density at radius 2 is 1.94 bits per heavy atom. The van der Waals surface area contributed by atoms with Gasteiger partial charge in [0.2, 0.25) is 0 Å². The summed E-state index contributed by atoms with van der Waals surface area (Å²) in [4.78, 5) is 22.1. The van der Waals surface area contributed by atoms with Gasteiger partial charge in [0, 0.05) is 5.41 Å². The zero-order chi connectivity index (χ0) is 12.0. The highest BCUT2D eigenvalue weighted by molar-refractivity contribution is 8.00. The van der Waals surface area contributed by atoms with Gasteiger partial charge in [0.1, 0.15) is 5.75 Å². The fourth-order valence-electron chi connectivity index (χ4n) is 0.904. The van der Waals surface area contributed by atoms with Crippen LogP contribution in [0.2, 0.25) is 0 Å². The molecule has 16 heavy (non-hydrogen) atoms. The molecule has 0 heterocycles. The highest BCUT2D eigenvalue weighted by Gasteiger charge is 2.19. The molecule has 0 saturated carbocycles. The molecule has 0 aromatic heterocycles. The molecule has 0 atom stereocenters. The summed E-state index contributed by atoms with van der Waals surface area (Å²) in [5, 5.41) is 14.8. The monoisotopic (exact) mass is 239 g/mol. The van der Waals surface area contributed by atoms with Crippen LogP contribution in [-0.2, 0) is 9.59 Å². The van der Waals surface area contributed by atoms with Gasteiger partial charge in [-0.15, -0.1) is 0 Å². The molecule has 6 heteroatoms. The van der Waals surface area contributed by atoms with E-state index in [1.54, 1.807) is 30.3 Å². The minimum absolute atomic E-state index is 0.279. The average Bonchev–Trinajstić information content (AvgIpc) is 2.26. The van der Waals surface area contributed by atoms with E-state index in [4.69, 9.17) is 15.0 Å². The summed E-state index contributed by atoms with van der Waals surface area (Å²) in [5.74, 6) is -2.04. The quantitative estimate of drug-likeness (QED) is 0.205. The molecule has 0 aliphatic carbocycles. The van der Waals surface area contributed by atoms with E-state index in [0.717, 1.165) is 5.41 Å².